The first-order valence-electron chi connectivity index (χ1n) is 4.33. The van der Waals surface area contributed by atoms with Crippen LogP contribution in [0.5, 0.6) is 0 Å². The summed E-state index contributed by atoms with van der Waals surface area (Å²) in [6.45, 7) is 0. The summed E-state index contributed by atoms with van der Waals surface area (Å²) in [5.41, 5.74) is 3.79. The number of hydrogen-bond donors (Lipinski definition) is 2. The molecule has 0 bridgehead atoms. The topological polar surface area (TPSA) is 57.2 Å². The fraction of sp³-hybridized carbons (Fsp3) is 0. The lowest BCUT2D eigenvalue weighted by Crippen LogP contribution is -1.82. The van der Waals surface area contributed by atoms with Crippen LogP contribution in [-0.4, -0.2) is 4.98 Å². The fourth-order valence-corrected chi connectivity index (χ4v) is 1.35. The third kappa shape index (κ3) is 1.85. The summed E-state index contributed by atoms with van der Waals surface area (Å²) < 4.78 is 13.3. The molecule has 0 radical (unpaired) electrons. The van der Waals surface area contributed by atoms with Crippen LogP contribution < -0.4 is 5.43 Å². The minimum Gasteiger partial charge on any atom is -0.359 e. The van der Waals surface area contributed by atoms with Crippen LogP contribution in [0.15, 0.2) is 41.8 Å². The Morgan fingerprint density at radius 1 is 1.33 bits per heavy atom. The average molecular weight is 205 g/mol. The molecule has 1 aromatic carbocycles. The average Bonchev–Trinajstić information content (AvgIpc) is 2.68. The minimum atomic E-state index is -0.315. The van der Waals surface area contributed by atoms with E-state index in [0.717, 1.165) is 0 Å². The predicted molar refractivity (Wildman–Crippen MR) is 55.6 cm³/mol. The number of hydrogen-bond acceptors (Lipinski definition) is 2. The van der Waals surface area contributed by atoms with Gasteiger partial charge in [-0.3, -0.25) is 0 Å². The van der Waals surface area contributed by atoms with Crippen LogP contribution in [0.3, 0.4) is 0 Å². The lowest BCUT2D eigenvalue weighted by molar-refractivity contribution is 0.631. The maximum absolute atomic E-state index is 13.3. The monoisotopic (exact) mass is 205 g/mol. The van der Waals surface area contributed by atoms with Gasteiger partial charge < -0.3 is 4.98 Å². The van der Waals surface area contributed by atoms with E-state index in [9.17, 15) is 9.30 Å². The molecule has 0 amide bonds. The van der Waals surface area contributed by atoms with Crippen molar-refractivity contribution in [1.82, 2.24) is 4.98 Å². The van der Waals surface area contributed by atoms with Gasteiger partial charge in [0.2, 0.25) is 0 Å². The molecule has 2 N–H and O–H groups in total. The van der Waals surface area contributed by atoms with Crippen LogP contribution >= 0.6 is 0 Å². The van der Waals surface area contributed by atoms with Crippen molar-refractivity contribution in [3.05, 3.63) is 47.3 Å². The first kappa shape index (κ1) is 9.39. The molecule has 0 fully saturated rings. The normalized spacial score (nSPS) is 9.93. The molecule has 0 aliphatic rings. The van der Waals surface area contributed by atoms with Crippen LogP contribution in [0.1, 0.15) is 0 Å². The molecule has 1 aromatic heterocycles. The van der Waals surface area contributed by atoms with Crippen molar-refractivity contribution in [3.63, 3.8) is 0 Å². The van der Waals surface area contributed by atoms with Gasteiger partial charge in [-0.1, -0.05) is 12.1 Å². The van der Waals surface area contributed by atoms with E-state index in [1.807, 2.05) is 0 Å². The lowest BCUT2D eigenvalue weighted by Gasteiger charge is -1.98. The van der Waals surface area contributed by atoms with Crippen molar-refractivity contribution in [2.24, 2.45) is 5.29 Å². The van der Waals surface area contributed by atoms with Crippen LogP contribution in [0.2, 0.25) is 0 Å². The molecule has 0 aliphatic heterocycles. The zero-order valence-corrected chi connectivity index (χ0v) is 7.70. The van der Waals surface area contributed by atoms with E-state index in [-0.39, 0.29) is 5.82 Å². The lowest BCUT2D eigenvalue weighted by atomic mass is 10.1. The van der Waals surface area contributed by atoms with Crippen LogP contribution in [0.4, 0.5) is 10.1 Å². The van der Waals surface area contributed by atoms with E-state index >= 15 is 0 Å². The van der Waals surface area contributed by atoms with Crippen molar-refractivity contribution in [1.29, 1.82) is 0 Å². The number of rotatable bonds is 3. The van der Waals surface area contributed by atoms with E-state index in [4.69, 9.17) is 0 Å². The Balaban J connectivity index is 2.37. The molecule has 0 unspecified atom stereocenters. The van der Waals surface area contributed by atoms with Gasteiger partial charge in [0.1, 0.15) is 5.82 Å². The molecular formula is C10H8FN3O. The molecule has 0 aliphatic carbocycles. The second-order valence-corrected chi connectivity index (χ2v) is 2.98. The SMILES string of the molecule is O=NNc1c[nH]c(-c2ccccc2F)c1. The Bertz CT molecular complexity index is 481. The highest BCUT2D eigenvalue weighted by Gasteiger charge is 2.06. The van der Waals surface area contributed by atoms with Gasteiger partial charge >= 0.3 is 0 Å². The van der Waals surface area contributed by atoms with Gasteiger partial charge in [-0.05, 0) is 18.2 Å². The second-order valence-electron chi connectivity index (χ2n) is 2.98. The van der Waals surface area contributed by atoms with Gasteiger partial charge in [-0.2, -0.15) is 0 Å². The van der Waals surface area contributed by atoms with Gasteiger partial charge in [-0.25, -0.2) is 9.82 Å². The Morgan fingerprint density at radius 3 is 2.87 bits per heavy atom. The summed E-state index contributed by atoms with van der Waals surface area (Å²) in [6, 6.07) is 8.00. The summed E-state index contributed by atoms with van der Waals surface area (Å²) in [7, 11) is 0. The maximum atomic E-state index is 13.3. The quantitative estimate of drug-likeness (QED) is 0.597. The van der Waals surface area contributed by atoms with Crippen LogP contribution in [-0.2, 0) is 0 Å². The molecule has 0 spiro atoms. The molecule has 0 atom stereocenters. The van der Waals surface area contributed by atoms with Crippen molar-refractivity contribution in [3.8, 4) is 11.3 Å². The molecular weight excluding hydrogens is 197 g/mol. The third-order valence-electron chi connectivity index (χ3n) is 2.02. The number of benzene rings is 1. The van der Waals surface area contributed by atoms with E-state index in [0.29, 0.717) is 16.9 Å². The number of nitrogens with one attached hydrogen (secondary N) is 2. The Kier molecular flexibility index (Phi) is 2.45. The highest BCUT2D eigenvalue weighted by Crippen LogP contribution is 2.23. The molecule has 0 saturated carbocycles. The smallest absolute Gasteiger partial charge is 0.132 e. The first-order valence-corrected chi connectivity index (χ1v) is 4.33. The van der Waals surface area contributed by atoms with Crippen molar-refractivity contribution < 1.29 is 4.39 Å². The Labute approximate surface area is 85.1 Å². The molecule has 2 aromatic rings. The molecule has 1 heterocycles. The van der Waals surface area contributed by atoms with Gasteiger partial charge in [-0.15, -0.1) is 4.91 Å². The molecule has 4 nitrogen and oxygen atoms in total. The zero-order chi connectivity index (χ0) is 10.7. The Hall–Kier alpha value is -2.17. The highest BCUT2D eigenvalue weighted by atomic mass is 19.1. The molecule has 15 heavy (non-hydrogen) atoms. The first-order chi connectivity index (χ1) is 7.31. The second kappa shape index (κ2) is 3.91. The summed E-state index contributed by atoms with van der Waals surface area (Å²) in [5, 5.41) is 2.52. The Morgan fingerprint density at radius 2 is 2.13 bits per heavy atom. The third-order valence-corrected chi connectivity index (χ3v) is 2.02. The predicted octanol–water partition coefficient (Wildman–Crippen LogP) is 2.91. The maximum Gasteiger partial charge on any atom is 0.132 e. The summed E-state index contributed by atoms with van der Waals surface area (Å²) in [6.07, 6.45) is 1.54. The number of anilines is 1. The van der Waals surface area contributed by atoms with Crippen molar-refractivity contribution in [2.75, 3.05) is 5.43 Å². The number of halogens is 1. The number of aromatic nitrogens is 1. The summed E-state index contributed by atoms with van der Waals surface area (Å²) in [4.78, 5) is 12.8. The van der Waals surface area contributed by atoms with Crippen LogP contribution in [0.25, 0.3) is 11.3 Å². The number of aromatic amines is 1. The molecule has 2 rings (SSSR count). The fourth-order valence-electron chi connectivity index (χ4n) is 1.35. The van der Waals surface area contributed by atoms with Crippen LogP contribution in [0, 0.1) is 10.7 Å². The molecule has 0 saturated heterocycles. The summed E-state index contributed by atoms with van der Waals surface area (Å²) in [5.74, 6) is -0.315. The molecule has 76 valence electrons. The number of H-pyrrole nitrogens is 1. The van der Waals surface area contributed by atoms with E-state index in [1.165, 1.54) is 6.07 Å². The van der Waals surface area contributed by atoms with E-state index in [1.54, 1.807) is 30.5 Å². The van der Waals surface area contributed by atoms with Crippen molar-refractivity contribution >= 4 is 5.69 Å². The minimum absolute atomic E-state index is 0.315. The highest BCUT2D eigenvalue weighted by molar-refractivity contribution is 5.65. The van der Waals surface area contributed by atoms with E-state index in [2.05, 4.69) is 15.7 Å². The standard InChI is InChI=1S/C10H8FN3O/c11-9-4-2-1-3-8(9)10-5-7(6-12-10)13-14-15/h1-6,12H,(H,13,15). The largest absolute Gasteiger partial charge is 0.359 e. The van der Waals surface area contributed by atoms with Gasteiger partial charge in [0.25, 0.3) is 0 Å². The van der Waals surface area contributed by atoms with Crippen molar-refractivity contribution in [2.45, 2.75) is 0 Å². The zero-order valence-electron chi connectivity index (χ0n) is 7.70. The number of nitroso groups, excluding NO2 is 1. The molecule has 5 heteroatoms. The number of nitrogens with zero attached hydrogens (tertiary/aromatic N) is 1. The van der Waals surface area contributed by atoms with Gasteiger partial charge in [0, 0.05) is 11.8 Å². The van der Waals surface area contributed by atoms with Gasteiger partial charge in [0.15, 0.2) is 0 Å². The van der Waals surface area contributed by atoms with E-state index < -0.39 is 0 Å². The summed E-state index contributed by atoms with van der Waals surface area (Å²) >= 11 is 0. The van der Waals surface area contributed by atoms with Gasteiger partial charge in [0.05, 0.1) is 16.7 Å².